The second-order valence-corrected chi connectivity index (χ2v) is 6.87. The molecule has 1 aliphatic rings. The summed E-state index contributed by atoms with van der Waals surface area (Å²) in [7, 11) is 0. The Labute approximate surface area is 199 Å². The van der Waals surface area contributed by atoms with Crippen LogP contribution in [-0.2, 0) is 0 Å². The summed E-state index contributed by atoms with van der Waals surface area (Å²) in [5.41, 5.74) is 5.44. The molecule has 1 aliphatic heterocycles. The van der Waals surface area contributed by atoms with E-state index in [2.05, 4.69) is 15.4 Å². The monoisotopic (exact) mass is 460 g/mol. The molecule has 2 aromatic heterocycles. The van der Waals surface area contributed by atoms with E-state index in [1.165, 1.54) is 0 Å². The maximum Gasteiger partial charge on any atom is 0.166 e. The Morgan fingerprint density at radius 2 is 2.33 bits per heavy atom. The Balaban J connectivity index is 1.81. The third-order valence-electron chi connectivity index (χ3n) is 4.15. The third kappa shape index (κ3) is 4.24. The van der Waals surface area contributed by atoms with E-state index in [0.717, 1.165) is 30.6 Å². The standard InChI is InChI=1S/C21H22Cl2FN5O/c1-12(19-16(22)2-3-17(24)20(19)23)30-18-8-13(9-27-21(18)25)14-10-28-29(11-14)15-4-6-26-7-5-15/h2-3,8-12,15,26H,4-7H2,1H3,(H2,25,27)/t12-/m1/s1/i1D3,4D2,5D2,6D2,9D,15D/t12-,15?. The summed E-state index contributed by atoms with van der Waals surface area (Å²) < 4.78 is 111. The van der Waals surface area contributed by atoms with E-state index in [1.807, 2.05) is 0 Å². The molecule has 9 heteroatoms. The lowest BCUT2D eigenvalue weighted by Gasteiger charge is -2.22. The summed E-state index contributed by atoms with van der Waals surface area (Å²) >= 11 is 12.2. The molecule has 3 heterocycles. The van der Waals surface area contributed by atoms with Gasteiger partial charge in [-0.1, -0.05) is 23.2 Å². The lowest BCUT2D eigenvalue weighted by molar-refractivity contribution is 0.227. The number of benzene rings is 1. The number of hydrogen-bond donors (Lipinski definition) is 2. The largest absolute Gasteiger partial charge is 0.482 e. The molecule has 3 N–H and O–H groups in total. The number of halogens is 3. The fraction of sp³-hybridized carbons (Fsp3) is 0.333. The molecule has 0 saturated carbocycles. The van der Waals surface area contributed by atoms with Crippen LogP contribution in [-0.4, -0.2) is 27.8 Å². The number of ether oxygens (including phenoxy) is 1. The summed E-state index contributed by atoms with van der Waals surface area (Å²) in [5, 5.41) is 5.28. The maximum atomic E-state index is 14.2. The fourth-order valence-electron chi connectivity index (χ4n) is 2.67. The summed E-state index contributed by atoms with van der Waals surface area (Å²) in [5.74, 6) is -1.73. The van der Waals surface area contributed by atoms with Gasteiger partial charge in [0.15, 0.2) is 11.6 Å². The number of piperidine rings is 1. The highest BCUT2D eigenvalue weighted by molar-refractivity contribution is 6.36. The topological polar surface area (TPSA) is 78.0 Å². The van der Waals surface area contributed by atoms with E-state index in [1.54, 1.807) is 0 Å². The normalized spacial score (nSPS) is 31.0. The summed E-state index contributed by atoms with van der Waals surface area (Å²) in [4.78, 5) is 3.85. The van der Waals surface area contributed by atoms with Crippen molar-refractivity contribution in [1.29, 1.82) is 0 Å². The van der Waals surface area contributed by atoms with Gasteiger partial charge in [-0.3, -0.25) is 4.68 Å². The first kappa shape index (κ1) is 11.3. The van der Waals surface area contributed by atoms with Crippen molar-refractivity contribution < 1.29 is 24.2 Å². The first-order chi connectivity index (χ1) is 18.7. The summed E-state index contributed by atoms with van der Waals surface area (Å²) in [6.07, 6.45) is -6.09. The molecule has 2 atom stereocenters. The van der Waals surface area contributed by atoms with Crippen molar-refractivity contribution in [2.24, 2.45) is 0 Å². The number of pyridine rings is 1. The van der Waals surface area contributed by atoms with Gasteiger partial charge in [0.1, 0.15) is 11.9 Å². The molecule has 0 spiro atoms. The van der Waals surface area contributed by atoms with Crippen LogP contribution in [0.5, 0.6) is 5.75 Å². The predicted molar refractivity (Wildman–Crippen MR) is 116 cm³/mol. The van der Waals surface area contributed by atoms with Crippen molar-refractivity contribution in [2.75, 3.05) is 18.8 Å². The second-order valence-electron chi connectivity index (χ2n) is 6.09. The van der Waals surface area contributed by atoms with Gasteiger partial charge >= 0.3 is 0 Å². The molecule has 3 aromatic rings. The molecular weight excluding hydrogens is 428 g/mol. The lowest BCUT2D eigenvalue weighted by atomic mass is 10.1. The highest BCUT2D eigenvalue weighted by Crippen LogP contribution is 2.37. The Morgan fingerprint density at radius 3 is 3.17 bits per heavy atom. The minimum absolute atomic E-state index is 0.00285. The number of aromatic nitrogens is 3. The Bertz CT molecular complexity index is 1500. The number of rotatable bonds is 5. The van der Waals surface area contributed by atoms with Crippen molar-refractivity contribution in [1.82, 2.24) is 20.1 Å². The van der Waals surface area contributed by atoms with E-state index in [9.17, 15) is 4.39 Å². The van der Waals surface area contributed by atoms with Gasteiger partial charge in [-0.2, -0.15) is 5.10 Å². The molecule has 0 amide bonds. The summed E-state index contributed by atoms with van der Waals surface area (Å²) in [6.45, 7) is -6.45. The predicted octanol–water partition coefficient (Wildman–Crippen LogP) is 5.04. The average molecular weight is 461 g/mol. The van der Waals surface area contributed by atoms with Crippen LogP contribution in [0.2, 0.25) is 10.0 Å². The minimum atomic E-state index is -3.14. The molecule has 0 bridgehead atoms. The number of hydrogen-bond acceptors (Lipinski definition) is 5. The summed E-state index contributed by atoms with van der Waals surface area (Å²) in [6, 6.07) is 0.259. The van der Waals surface area contributed by atoms with Crippen LogP contribution in [0.25, 0.3) is 11.1 Å². The number of nitrogens with two attached hydrogens (primary N) is 1. The van der Waals surface area contributed by atoms with Gasteiger partial charge in [0.25, 0.3) is 0 Å². The molecule has 1 unspecified atom stereocenters. The minimum Gasteiger partial charge on any atom is -0.482 e. The van der Waals surface area contributed by atoms with Crippen LogP contribution in [0.4, 0.5) is 10.2 Å². The molecule has 4 rings (SSSR count). The van der Waals surface area contributed by atoms with Crippen LogP contribution in [0.15, 0.2) is 36.8 Å². The first-order valence-corrected chi connectivity index (χ1v) is 9.29. The van der Waals surface area contributed by atoms with Gasteiger partial charge in [-0.15, -0.1) is 0 Å². The van der Waals surface area contributed by atoms with Gasteiger partial charge < -0.3 is 15.8 Å². The van der Waals surface area contributed by atoms with E-state index in [-0.39, 0.29) is 27.5 Å². The Kier molecular flexibility index (Phi) is 3.32. The molecule has 0 aliphatic carbocycles. The van der Waals surface area contributed by atoms with Crippen molar-refractivity contribution in [3.05, 3.63) is 58.2 Å². The zero-order valence-corrected chi connectivity index (χ0v) is 16.6. The number of nitrogen functional groups attached to an aromatic ring is 1. The molecule has 1 fully saturated rings. The smallest absolute Gasteiger partial charge is 0.166 e. The van der Waals surface area contributed by atoms with Crippen LogP contribution in [0.3, 0.4) is 0 Å². The van der Waals surface area contributed by atoms with Crippen LogP contribution < -0.4 is 15.8 Å². The zero-order chi connectivity index (χ0) is 30.9. The SMILES string of the molecule is [2H]c1nc(N)c(O[C@@H](c2c(Cl)ccc(F)c2Cl)C([2H])([2H])[2H])cc1-c1cnn(C2([2H])C([2H])([2H])CNC([2H])([2H])C2([2H])[2H])c1. The van der Waals surface area contributed by atoms with E-state index in [0.29, 0.717) is 4.68 Å². The van der Waals surface area contributed by atoms with Crippen molar-refractivity contribution in [3.8, 4) is 16.9 Å². The highest BCUT2D eigenvalue weighted by Gasteiger charge is 2.21. The molecule has 0 radical (unpaired) electrons. The van der Waals surface area contributed by atoms with Crippen molar-refractivity contribution in [2.45, 2.75) is 31.7 Å². The van der Waals surface area contributed by atoms with E-state index in [4.69, 9.17) is 48.8 Å². The van der Waals surface area contributed by atoms with Crippen LogP contribution >= 0.6 is 23.2 Å². The molecule has 30 heavy (non-hydrogen) atoms. The highest BCUT2D eigenvalue weighted by atomic mass is 35.5. The van der Waals surface area contributed by atoms with Crippen molar-refractivity contribution >= 4 is 29.0 Å². The van der Waals surface area contributed by atoms with Gasteiger partial charge in [0, 0.05) is 46.4 Å². The van der Waals surface area contributed by atoms with Gasteiger partial charge in [0.2, 0.25) is 0 Å². The Hall–Kier alpha value is -2.35. The Morgan fingerprint density at radius 1 is 1.47 bits per heavy atom. The second kappa shape index (κ2) is 8.79. The molecule has 6 nitrogen and oxygen atoms in total. The third-order valence-corrected chi connectivity index (χ3v) is 4.86. The zero-order valence-electron chi connectivity index (χ0n) is 26.1. The first-order valence-electron chi connectivity index (χ1n) is 14.0. The van der Waals surface area contributed by atoms with Gasteiger partial charge in [0.05, 0.1) is 20.0 Å². The quantitative estimate of drug-likeness (QED) is 0.521. The van der Waals surface area contributed by atoms with Gasteiger partial charge in [-0.05, 0) is 50.8 Å². The average Bonchev–Trinajstić information content (AvgIpc) is 3.34. The fourth-order valence-corrected chi connectivity index (χ4v) is 3.24. The maximum absolute atomic E-state index is 14.2. The van der Waals surface area contributed by atoms with Crippen LogP contribution in [0, 0.1) is 5.82 Å². The molecular formula is C21H22Cl2FN5O. The van der Waals surface area contributed by atoms with Crippen LogP contribution in [0.1, 0.15) is 52.4 Å². The molecule has 1 saturated heterocycles. The molecule has 1 aromatic carbocycles. The number of nitrogens with one attached hydrogen (secondary N) is 1. The lowest BCUT2D eigenvalue weighted by Crippen LogP contribution is -2.29. The molecule has 158 valence electrons. The van der Waals surface area contributed by atoms with Crippen molar-refractivity contribution in [3.63, 3.8) is 0 Å². The number of anilines is 1. The number of nitrogens with zero attached hydrogens (tertiary/aromatic N) is 3. The van der Waals surface area contributed by atoms with E-state index >= 15 is 0 Å². The van der Waals surface area contributed by atoms with Gasteiger partial charge in [-0.25, -0.2) is 9.37 Å². The van der Waals surface area contributed by atoms with E-state index < -0.39 is 67.6 Å².